The summed E-state index contributed by atoms with van der Waals surface area (Å²) in [5.41, 5.74) is 9.21. The molecule has 0 saturated carbocycles. The minimum Gasteiger partial charge on any atom is -0.361 e. The van der Waals surface area contributed by atoms with E-state index >= 15 is 0 Å². The van der Waals surface area contributed by atoms with Gasteiger partial charge in [0.2, 0.25) is 0 Å². The largest absolute Gasteiger partial charge is 0.361 e. The van der Waals surface area contributed by atoms with Crippen LogP contribution >= 0.6 is 12.6 Å². The number of rotatable bonds is 4. The van der Waals surface area contributed by atoms with Crippen molar-refractivity contribution < 1.29 is 0 Å². The Morgan fingerprint density at radius 3 is 2.54 bits per heavy atom. The summed E-state index contributed by atoms with van der Waals surface area (Å²) in [6.07, 6.45) is 5.03. The second-order valence-electron chi connectivity index (χ2n) is 5.81. The molecular weight excluding hydrogens is 346 g/mol. The Labute approximate surface area is 156 Å². The third-order valence-corrected chi connectivity index (χ3v) is 4.33. The summed E-state index contributed by atoms with van der Waals surface area (Å²) in [7, 11) is 3.77. The fourth-order valence-corrected chi connectivity index (χ4v) is 2.84. The maximum absolute atomic E-state index is 9.38. The van der Waals surface area contributed by atoms with E-state index in [0.717, 1.165) is 22.3 Å². The molecular formula is C18H17N7S. The minimum atomic E-state index is 0.374. The van der Waals surface area contributed by atoms with Gasteiger partial charge < -0.3 is 10.6 Å². The molecule has 0 bridgehead atoms. The molecule has 0 aliphatic heterocycles. The quantitative estimate of drug-likeness (QED) is 0.685. The molecule has 130 valence electrons. The van der Waals surface area contributed by atoms with Crippen LogP contribution in [0.5, 0.6) is 0 Å². The van der Waals surface area contributed by atoms with Crippen molar-refractivity contribution in [1.82, 2.24) is 20.2 Å². The Bertz CT molecular complexity index is 978. The van der Waals surface area contributed by atoms with Gasteiger partial charge in [0.15, 0.2) is 11.6 Å². The van der Waals surface area contributed by atoms with Crippen molar-refractivity contribution in [2.45, 2.75) is 11.4 Å². The molecule has 0 amide bonds. The lowest BCUT2D eigenvalue weighted by Gasteiger charge is -2.15. The van der Waals surface area contributed by atoms with Crippen molar-refractivity contribution in [3.05, 3.63) is 47.9 Å². The first-order valence-electron chi connectivity index (χ1n) is 7.83. The molecule has 7 nitrogen and oxygen atoms in total. The Balaban J connectivity index is 2.25. The normalized spacial score (nSPS) is 10.4. The maximum atomic E-state index is 9.38. The summed E-state index contributed by atoms with van der Waals surface area (Å²) in [5.74, 6) is 1.23. The summed E-state index contributed by atoms with van der Waals surface area (Å²) in [6.45, 7) is 0.374. The minimum absolute atomic E-state index is 0.374. The van der Waals surface area contributed by atoms with Gasteiger partial charge in [0.05, 0.1) is 11.8 Å². The van der Waals surface area contributed by atoms with Crippen LogP contribution in [0.3, 0.4) is 0 Å². The number of anilines is 1. The molecule has 0 unspecified atom stereocenters. The second-order valence-corrected chi connectivity index (χ2v) is 6.26. The lowest BCUT2D eigenvalue weighted by atomic mass is 9.97. The molecule has 2 N–H and O–H groups in total. The molecule has 0 aliphatic carbocycles. The van der Waals surface area contributed by atoms with Crippen LogP contribution in [0.1, 0.15) is 11.1 Å². The van der Waals surface area contributed by atoms with Crippen LogP contribution < -0.4 is 10.6 Å². The lowest BCUT2D eigenvalue weighted by Crippen LogP contribution is -2.11. The molecule has 3 rings (SSSR count). The van der Waals surface area contributed by atoms with E-state index in [2.05, 4.69) is 38.9 Å². The van der Waals surface area contributed by atoms with Crippen molar-refractivity contribution >= 4 is 18.4 Å². The number of hydrogen-bond donors (Lipinski definition) is 2. The van der Waals surface area contributed by atoms with Crippen molar-refractivity contribution in [2.24, 2.45) is 5.73 Å². The molecule has 3 aromatic rings. The molecule has 0 aliphatic rings. The monoisotopic (exact) mass is 363 g/mol. The molecule has 26 heavy (non-hydrogen) atoms. The molecule has 0 spiro atoms. The van der Waals surface area contributed by atoms with Crippen molar-refractivity contribution in [1.29, 1.82) is 5.26 Å². The molecule has 8 heteroatoms. The Hall–Kier alpha value is -3.02. The van der Waals surface area contributed by atoms with Crippen LogP contribution in [0.4, 0.5) is 5.82 Å². The van der Waals surface area contributed by atoms with Crippen molar-refractivity contribution in [3.63, 3.8) is 0 Å². The van der Waals surface area contributed by atoms with Crippen LogP contribution in [0.2, 0.25) is 0 Å². The molecule has 0 saturated heterocycles. The molecule has 0 fully saturated rings. The van der Waals surface area contributed by atoms with Gasteiger partial charge in [-0.05, 0) is 18.2 Å². The van der Waals surface area contributed by atoms with E-state index in [1.807, 2.05) is 31.1 Å². The smallest absolute Gasteiger partial charge is 0.159 e. The van der Waals surface area contributed by atoms with Crippen LogP contribution in [0.25, 0.3) is 22.5 Å². The van der Waals surface area contributed by atoms with Gasteiger partial charge in [-0.25, -0.2) is 9.97 Å². The van der Waals surface area contributed by atoms with Gasteiger partial charge in [-0.2, -0.15) is 10.4 Å². The maximum Gasteiger partial charge on any atom is 0.159 e. The zero-order valence-electron chi connectivity index (χ0n) is 14.4. The Morgan fingerprint density at radius 2 is 1.92 bits per heavy atom. The fourth-order valence-electron chi connectivity index (χ4n) is 2.47. The van der Waals surface area contributed by atoms with Crippen LogP contribution in [-0.4, -0.2) is 34.3 Å². The molecule has 2 aromatic heterocycles. The van der Waals surface area contributed by atoms with E-state index in [1.54, 1.807) is 24.7 Å². The van der Waals surface area contributed by atoms with Gasteiger partial charge in [0.1, 0.15) is 6.07 Å². The predicted octanol–water partition coefficient (Wildman–Crippen LogP) is 2.29. The summed E-state index contributed by atoms with van der Waals surface area (Å²) >= 11 is 4.59. The van der Waals surface area contributed by atoms with Crippen molar-refractivity contribution in [2.75, 3.05) is 19.0 Å². The number of nitriles is 1. The van der Waals surface area contributed by atoms with Crippen LogP contribution in [-0.2, 0) is 6.54 Å². The number of aromatic nitrogens is 4. The highest BCUT2D eigenvalue weighted by molar-refractivity contribution is 7.80. The summed E-state index contributed by atoms with van der Waals surface area (Å²) in [5, 5.41) is 17.6. The summed E-state index contributed by atoms with van der Waals surface area (Å²) in [6, 6.07) is 7.58. The van der Waals surface area contributed by atoms with E-state index in [-0.39, 0.29) is 0 Å². The predicted molar refractivity (Wildman–Crippen MR) is 103 cm³/mol. The molecule has 2 heterocycles. The van der Waals surface area contributed by atoms with Gasteiger partial charge in [0.25, 0.3) is 0 Å². The Morgan fingerprint density at radius 1 is 1.19 bits per heavy atom. The fraction of sp³-hybridized carbons (Fsp3) is 0.167. The third-order valence-electron chi connectivity index (χ3n) is 3.87. The second kappa shape index (κ2) is 7.47. The third kappa shape index (κ3) is 3.35. The van der Waals surface area contributed by atoms with E-state index < -0.39 is 0 Å². The zero-order valence-corrected chi connectivity index (χ0v) is 15.3. The summed E-state index contributed by atoms with van der Waals surface area (Å²) < 4.78 is 0. The van der Waals surface area contributed by atoms with Crippen molar-refractivity contribution in [3.8, 4) is 28.6 Å². The number of nitrogens with two attached hydrogens (primary N) is 1. The summed E-state index contributed by atoms with van der Waals surface area (Å²) in [4.78, 5) is 11.2. The molecule has 0 atom stereocenters. The number of hydrogen-bond acceptors (Lipinski definition) is 8. The molecule has 1 aromatic carbocycles. The standard InChI is InChI=1S/C18H17N7S/c1-25(2)15-5-13(10-23-24-15)16-14(4-3-12(7-20)17(16)26)18-21-8-11(6-19)9-22-18/h3-5,8-10,26H,6,19H2,1-2H3. The lowest BCUT2D eigenvalue weighted by molar-refractivity contribution is 0.965. The topological polar surface area (TPSA) is 105 Å². The average molecular weight is 363 g/mol. The van der Waals surface area contributed by atoms with Crippen LogP contribution in [0.15, 0.2) is 41.7 Å². The van der Waals surface area contributed by atoms with E-state index in [0.29, 0.717) is 28.6 Å². The highest BCUT2D eigenvalue weighted by Crippen LogP contribution is 2.37. The zero-order chi connectivity index (χ0) is 18.7. The molecule has 0 radical (unpaired) electrons. The first-order chi connectivity index (χ1) is 12.5. The van der Waals surface area contributed by atoms with Gasteiger partial charge in [-0.15, -0.1) is 17.7 Å². The van der Waals surface area contributed by atoms with Gasteiger partial charge in [0, 0.05) is 60.2 Å². The van der Waals surface area contributed by atoms with Gasteiger partial charge in [-0.3, -0.25) is 0 Å². The van der Waals surface area contributed by atoms with Gasteiger partial charge in [-0.1, -0.05) is 0 Å². The first-order valence-corrected chi connectivity index (χ1v) is 8.27. The van der Waals surface area contributed by atoms with E-state index in [9.17, 15) is 5.26 Å². The van der Waals surface area contributed by atoms with Gasteiger partial charge >= 0.3 is 0 Å². The Kier molecular flexibility index (Phi) is 5.11. The SMILES string of the molecule is CN(C)c1cc(-c2c(-c3ncc(CN)cn3)ccc(C#N)c2S)cnn1. The number of thiol groups is 1. The van der Waals surface area contributed by atoms with E-state index in [4.69, 9.17) is 5.73 Å². The first kappa shape index (κ1) is 17.8. The van der Waals surface area contributed by atoms with E-state index in [1.165, 1.54) is 0 Å². The number of nitrogens with zero attached hydrogens (tertiary/aromatic N) is 6. The highest BCUT2D eigenvalue weighted by Gasteiger charge is 2.17. The van der Waals surface area contributed by atoms with Crippen LogP contribution in [0, 0.1) is 11.3 Å². The number of benzene rings is 1. The highest BCUT2D eigenvalue weighted by atomic mass is 32.1. The average Bonchev–Trinajstić information content (AvgIpc) is 2.68.